The Balaban J connectivity index is 1.19. The minimum absolute atomic E-state index is 0.121. The number of ketones is 2. The molecule has 312 valence electrons. The first-order chi connectivity index (χ1) is 29.7. The van der Waals surface area contributed by atoms with Crippen molar-refractivity contribution in [2.24, 2.45) is 0 Å². The number of ether oxygens (including phenoxy) is 2. The molecule has 2 aliphatic rings. The highest BCUT2D eigenvalue weighted by Gasteiger charge is 2.42. The Hall–Kier alpha value is -7.20. The molecule has 10 nitrogen and oxygen atoms in total. The maximum absolute atomic E-state index is 14.7. The van der Waals surface area contributed by atoms with E-state index in [1.807, 2.05) is 38.1 Å². The molecule has 2 heterocycles. The molecule has 0 aromatic heterocycles. The lowest BCUT2D eigenvalue weighted by molar-refractivity contribution is 0.0869. The minimum Gasteiger partial charge on any atom is -0.483 e. The van der Waals surface area contributed by atoms with Gasteiger partial charge in [0.15, 0.2) is 24.8 Å². The van der Waals surface area contributed by atoms with E-state index in [4.69, 9.17) is 9.47 Å². The van der Waals surface area contributed by atoms with Gasteiger partial charge in [0.25, 0.3) is 23.6 Å². The zero-order valence-corrected chi connectivity index (χ0v) is 35.5. The molecule has 0 saturated carbocycles. The van der Waals surface area contributed by atoms with E-state index in [-0.39, 0.29) is 91.5 Å². The average molecular weight is 827 g/mol. The topological polar surface area (TPSA) is 127 Å². The van der Waals surface area contributed by atoms with E-state index in [1.54, 1.807) is 72.8 Å². The molecule has 0 spiro atoms. The van der Waals surface area contributed by atoms with Gasteiger partial charge in [-0.1, -0.05) is 114 Å². The predicted molar refractivity (Wildman–Crippen MR) is 238 cm³/mol. The number of carbonyl (C=O) groups excluding carboxylic acids is 6. The van der Waals surface area contributed by atoms with Crippen LogP contribution in [0.5, 0.6) is 11.5 Å². The number of rotatable bonds is 14. The summed E-state index contributed by atoms with van der Waals surface area (Å²) in [6.45, 7) is 11.6. The van der Waals surface area contributed by atoms with E-state index in [0.717, 1.165) is 33.8 Å². The Kier molecular flexibility index (Phi) is 10.7. The lowest BCUT2D eigenvalue weighted by atomic mass is 9.81. The van der Waals surface area contributed by atoms with Gasteiger partial charge in [-0.15, -0.1) is 0 Å². The Morgan fingerprint density at radius 3 is 1.10 bits per heavy atom. The van der Waals surface area contributed by atoms with Crippen molar-refractivity contribution >= 4 is 57.3 Å². The van der Waals surface area contributed by atoms with Gasteiger partial charge in [-0.25, -0.2) is 9.80 Å². The molecule has 4 amide bonds. The quantitative estimate of drug-likeness (QED) is 0.0785. The Morgan fingerprint density at radius 1 is 0.468 bits per heavy atom. The molecule has 0 bridgehead atoms. The third kappa shape index (κ3) is 7.15. The molecule has 6 aromatic rings. The van der Waals surface area contributed by atoms with Crippen molar-refractivity contribution in [1.82, 2.24) is 0 Å². The van der Waals surface area contributed by atoms with E-state index in [0.29, 0.717) is 11.1 Å². The van der Waals surface area contributed by atoms with Crippen LogP contribution in [0.2, 0.25) is 0 Å². The van der Waals surface area contributed by atoms with Crippen LogP contribution in [0, 0.1) is 0 Å². The molecule has 0 radical (unpaired) electrons. The molecular formula is C52H46N2O8. The molecule has 0 unspecified atom stereocenters. The van der Waals surface area contributed by atoms with Gasteiger partial charge in [0, 0.05) is 44.2 Å². The number of imide groups is 2. The van der Waals surface area contributed by atoms with Gasteiger partial charge in [-0.2, -0.15) is 0 Å². The molecule has 0 atom stereocenters. The highest BCUT2D eigenvalue weighted by molar-refractivity contribution is 6.42. The van der Waals surface area contributed by atoms with Crippen LogP contribution in [0.25, 0.3) is 10.8 Å². The summed E-state index contributed by atoms with van der Waals surface area (Å²) in [5.41, 5.74) is 2.77. The van der Waals surface area contributed by atoms with Crippen LogP contribution in [0.15, 0.2) is 121 Å². The number of hydrogen-bond acceptors (Lipinski definition) is 8. The van der Waals surface area contributed by atoms with Crippen LogP contribution >= 0.6 is 0 Å². The first kappa shape index (κ1) is 41.5. The summed E-state index contributed by atoms with van der Waals surface area (Å²) < 4.78 is 12.2. The molecule has 6 aromatic carbocycles. The number of anilines is 2. The SMILES string of the molecule is CCC(C)(C)c1ccc(OCC(=O)c2ccccc2)c(N2C(=O)c3ccc4c5c(ccc(c35)C2=O)C(=O)N(c2cc(C(C)(C)CC)ccc2OCC(=O)c2ccccc2)C4=O)c1. The predicted octanol–water partition coefficient (Wildman–Crippen LogP) is 10.3. The highest BCUT2D eigenvalue weighted by atomic mass is 16.5. The fourth-order valence-electron chi connectivity index (χ4n) is 7.89. The Morgan fingerprint density at radius 2 is 0.790 bits per heavy atom. The molecule has 8 rings (SSSR count). The van der Waals surface area contributed by atoms with E-state index < -0.39 is 23.6 Å². The van der Waals surface area contributed by atoms with E-state index in [9.17, 15) is 28.8 Å². The van der Waals surface area contributed by atoms with Gasteiger partial charge in [-0.3, -0.25) is 28.8 Å². The third-order valence-corrected chi connectivity index (χ3v) is 12.5. The highest BCUT2D eigenvalue weighted by Crippen LogP contribution is 2.45. The van der Waals surface area contributed by atoms with E-state index >= 15 is 0 Å². The zero-order chi connectivity index (χ0) is 44.1. The number of nitrogens with zero attached hydrogens (tertiary/aromatic N) is 2. The summed E-state index contributed by atoms with van der Waals surface area (Å²) in [4.78, 5) is 87.2. The van der Waals surface area contributed by atoms with Gasteiger partial charge >= 0.3 is 0 Å². The maximum atomic E-state index is 14.7. The minimum atomic E-state index is -0.674. The van der Waals surface area contributed by atoms with Crippen molar-refractivity contribution in [2.75, 3.05) is 23.0 Å². The first-order valence-corrected chi connectivity index (χ1v) is 20.7. The summed E-state index contributed by atoms with van der Waals surface area (Å²) in [7, 11) is 0. The Labute approximate surface area is 360 Å². The fourth-order valence-corrected chi connectivity index (χ4v) is 7.89. The second-order valence-corrected chi connectivity index (χ2v) is 17.0. The van der Waals surface area contributed by atoms with Crippen molar-refractivity contribution in [3.05, 3.63) is 166 Å². The average Bonchev–Trinajstić information content (AvgIpc) is 3.29. The second kappa shape index (κ2) is 16.0. The molecule has 10 heteroatoms. The maximum Gasteiger partial charge on any atom is 0.266 e. The standard InChI is InChI=1S/C52H46N2O8/c1-7-51(3,4)33-19-25-43(61-29-41(55)31-15-11-9-12-16-31)39(27-33)53-47(57)35-21-23-37-46-38(24-22-36(45(35)46)48(53)58)50(60)54(49(37)59)40-28-34(52(5,6)8-2)20-26-44(40)62-30-42(56)32-17-13-10-14-18-32/h9-28H,7-8,29-30H2,1-6H3. The molecule has 62 heavy (non-hydrogen) atoms. The fraction of sp³-hybridized carbons (Fsp3) is 0.231. The lowest BCUT2D eigenvalue weighted by Gasteiger charge is -2.34. The number of benzene rings is 6. The van der Waals surface area contributed by atoms with Crippen molar-refractivity contribution < 1.29 is 38.2 Å². The summed E-state index contributed by atoms with van der Waals surface area (Å²) >= 11 is 0. The molecule has 0 N–H and O–H groups in total. The van der Waals surface area contributed by atoms with Crippen LogP contribution in [0.3, 0.4) is 0 Å². The number of Topliss-reactive ketones (excluding diaryl/α,β-unsaturated/α-hetero) is 2. The molecule has 0 saturated heterocycles. The van der Waals surface area contributed by atoms with Crippen molar-refractivity contribution in [3.63, 3.8) is 0 Å². The van der Waals surface area contributed by atoms with Crippen LogP contribution in [-0.2, 0) is 10.8 Å². The number of amides is 4. The van der Waals surface area contributed by atoms with Crippen molar-refractivity contribution in [1.29, 1.82) is 0 Å². The van der Waals surface area contributed by atoms with Gasteiger partial charge in [0.2, 0.25) is 0 Å². The van der Waals surface area contributed by atoms with Gasteiger partial charge in [-0.05, 0) is 83.3 Å². The smallest absolute Gasteiger partial charge is 0.266 e. The monoisotopic (exact) mass is 826 g/mol. The van der Waals surface area contributed by atoms with Crippen LogP contribution in [0.4, 0.5) is 11.4 Å². The van der Waals surface area contributed by atoms with Gasteiger partial charge in [0.05, 0.1) is 11.4 Å². The Bertz CT molecular complexity index is 2580. The van der Waals surface area contributed by atoms with Crippen LogP contribution in [-0.4, -0.2) is 48.4 Å². The van der Waals surface area contributed by atoms with E-state index in [1.165, 1.54) is 24.3 Å². The molecular weight excluding hydrogens is 781 g/mol. The van der Waals surface area contributed by atoms with Crippen molar-refractivity contribution in [2.45, 2.75) is 65.2 Å². The van der Waals surface area contributed by atoms with Crippen molar-refractivity contribution in [3.8, 4) is 11.5 Å². The first-order valence-electron chi connectivity index (χ1n) is 20.7. The largest absolute Gasteiger partial charge is 0.483 e. The lowest BCUT2D eigenvalue weighted by Crippen LogP contribution is -2.44. The molecule has 2 aliphatic heterocycles. The molecule has 0 fully saturated rings. The summed E-state index contributed by atoms with van der Waals surface area (Å²) in [6.07, 6.45) is 1.52. The second-order valence-electron chi connectivity index (χ2n) is 17.0. The number of carbonyl (C=O) groups is 6. The molecule has 0 aliphatic carbocycles. The zero-order valence-electron chi connectivity index (χ0n) is 35.5. The number of hydrogen-bond donors (Lipinski definition) is 0. The normalized spacial score (nSPS) is 13.8. The van der Waals surface area contributed by atoms with Gasteiger partial charge < -0.3 is 9.47 Å². The summed E-state index contributed by atoms with van der Waals surface area (Å²) in [5.74, 6) is -2.92. The van der Waals surface area contributed by atoms with E-state index in [2.05, 4.69) is 27.7 Å². The summed E-state index contributed by atoms with van der Waals surface area (Å²) in [6, 6.07) is 34.0. The van der Waals surface area contributed by atoms with Crippen LogP contribution < -0.4 is 19.3 Å². The van der Waals surface area contributed by atoms with Crippen LogP contribution in [0.1, 0.15) is 128 Å². The third-order valence-electron chi connectivity index (χ3n) is 12.5. The van der Waals surface area contributed by atoms with Gasteiger partial charge in [0.1, 0.15) is 11.5 Å². The summed E-state index contributed by atoms with van der Waals surface area (Å²) in [5, 5.41) is 0.398.